The normalized spacial score (nSPS) is 37.7. The van der Waals surface area contributed by atoms with Gasteiger partial charge in [0.25, 0.3) is 0 Å². The first-order valence-corrected chi connectivity index (χ1v) is 8.10. The number of nitrogens with zero attached hydrogens (tertiary/aromatic N) is 1. The van der Waals surface area contributed by atoms with Gasteiger partial charge in [-0.25, -0.2) is 0 Å². The van der Waals surface area contributed by atoms with Crippen molar-refractivity contribution >= 4 is 17.3 Å². The van der Waals surface area contributed by atoms with Gasteiger partial charge in [-0.3, -0.25) is 0 Å². The summed E-state index contributed by atoms with van der Waals surface area (Å²) in [5.41, 5.74) is 1.62. The molecule has 1 N–H and O–H groups in total. The van der Waals surface area contributed by atoms with Crippen LogP contribution in [0.2, 0.25) is 5.02 Å². The summed E-state index contributed by atoms with van der Waals surface area (Å²) in [5, 5.41) is 13.4. The van der Waals surface area contributed by atoms with Crippen molar-refractivity contribution in [2.45, 2.75) is 38.1 Å². The van der Waals surface area contributed by atoms with E-state index in [-0.39, 0.29) is 0 Å². The number of nitrogens with one attached hydrogen (secondary N) is 1. The Hall–Kier alpha value is -1.20. The molecule has 1 aromatic rings. The number of halogens is 1. The highest BCUT2D eigenvalue weighted by Gasteiger charge is 2.53. The molecule has 20 heavy (non-hydrogen) atoms. The van der Waals surface area contributed by atoms with Crippen LogP contribution in [0.25, 0.3) is 0 Å². The van der Waals surface area contributed by atoms with E-state index in [4.69, 9.17) is 16.9 Å². The van der Waals surface area contributed by atoms with Crippen LogP contribution in [0.4, 0.5) is 5.69 Å². The summed E-state index contributed by atoms with van der Waals surface area (Å²) in [6.45, 7) is 0. The number of rotatable bonds is 2. The molecule has 0 amide bonds. The van der Waals surface area contributed by atoms with Crippen LogP contribution in [0.5, 0.6) is 0 Å². The monoisotopic (exact) mass is 286 g/mol. The summed E-state index contributed by atoms with van der Waals surface area (Å²) in [6, 6.07) is 8.25. The molecule has 3 aliphatic carbocycles. The van der Waals surface area contributed by atoms with E-state index < -0.39 is 0 Å². The molecule has 0 aromatic heterocycles. The molecule has 2 bridgehead atoms. The topological polar surface area (TPSA) is 35.8 Å². The number of nitriles is 1. The molecule has 3 aliphatic rings. The minimum Gasteiger partial charge on any atom is -0.381 e. The van der Waals surface area contributed by atoms with E-state index in [0.29, 0.717) is 11.6 Å². The van der Waals surface area contributed by atoms with Gasteiger partial charge in [-0.1, -0.05) is 18.0 Å². The minimum atomic E-state index is 0.561. The zero-order chi connectivity index (χ0) is 13.7. The van der Waals surface area contributed by atoms with E-state index in [9.17, 15) is 0 Å². The number of fused-ring (bicyclic) bond motifs is 5. The molecule has 5 unspecified atom stereocenters. The molecule has 104 valence electrons. The third kappa shape index (κ3) is 1.84. The smallest absolute Gasteiger partial charge is 0.0992 e. The van der Waals surface area contributed by atoms with Gasteiger partial charge in [0.2, 0.25) is 0 Å². The third-order valence-corrected chi connectivity index (χ3v) is 6.19. The van der Waals surface area contributed by atoms with Crippen LogP contribution in [0.3, 0.4) is 0 Å². The quantitative estimate of drug-likeness (QED) is 0.872. The average molecular weight is 287 g/mol. The SMILES string of the molecule is N#Cc1ccc(Cl)c(NC2CC3CC2C2CCCC32)c1. The Morgan fingerprint density at radius 2 is 2.00 bits per heavy atom. The predicted molar refractivity (Wildman–Crippen MR) is 80.6 cm³/mol. The van der Waals surface area contributed by atoms with Crippen molar-refractivity contribution in [1.82, 2.24) is 0 Å². The van der Waals surface area contributed by atoms with Gasteiger partial charge in [0.05, 0.1) is 22.3 Å². The summed E-state index contributed by atoms with van der Waals surface area (Å²) in [4.78, 5) is 0. The lowest BCUT2D eigenvalue weighted by Gasteiger charge is -2.33. The molecule has 0 saturated heterocycles. The lowest BCUT2D eigenvalue weighted by Crippen LogP contribution is -2.33. The predicted octanol–water partition coefficient (Wildman–Crippen LogP) is 4.45. The Labute approximate surface area is 125 Å². The van der Waals surface area contributed by atoms with E-state index in [0.717, 1.165) is 34.4 Å². The number of hydrogen-bond donors (Lipinski definition) is 1. The summed E-state index contributed by atoms with van der Waals surface area (Å²) < 4.78 is 0. The van der Waals surface area contributed by atoms with Crippen molar-refractivity contribution < 1.29 is 0 Å². The van der Waals surface area contributed by atoms with Crippen LogP contribution in [-0.2, 0) is 0 Å². The third-order valence-electron chi connectivity index (χ3n) is 5.87. The van der Waals surface area contributed by atoms with Crippen LogP contribution in [-0.4, -0.2) is 6.04 Å². The first kappa shape index (κ1) is 12.5. The minimum absolute atomic E-state index is 0.561. The van der Waals surface area contributed by atoms with Gasteiger partial charge in [0, 0.05) is 6.04 Å². The van der Waals surface area contributed by atoms with Crippen LogP contribution in [0.1, 0.15) is 37.7 Å². The number of benzene rings is 1. The summed E-state index contributed by atoms with van der Waals surface area (Å²) in [6.07, 6.45) is 7.01. The molecular weight excluding hydrogens is 268 g/mol. The summed E-state index contributed by atoms with van der Waals surface area (Å²) in [5.74, 6) is 3.72. The van der Waals surface area contributed by atoms with Crippen molar-refractivity contribution in [1.29, 1.82) is 5.26 Å². The molecule has 0 heterocycles. The fourth-order valence-electron chi connectivity index (χ4n) is 5.14. The van der Waals surface area contributed by atoms with Crippen molar-refractivity contribution in [3.63, 3.8) is 0 Å². The first-order chi connectivity index (χ1) is 9.76. The Morgan fingerprint density at radius 1 is 1.15 bits per heavy atom. The van der Waals surface area contributed by atoms with Crippen LogP contribution in [0, 0.1) is 35.0 Å². The average Bonchev–Trinajstić information content (AvgIpc) is 3.12. The Kier molecular flexibility index (Phi) is 2.93. The lowest BCUT2D eigenvalue weighted by atomic mass is 9.79. The highest BCUT2D eigenvalue weighted by molar-refractivity contribution is 6.33. The Morgan fingerprint density at radius 3 is 2.85 bits per heavy atom. The molecule has 2 nitrogen and oxygen atoms in total. The zero-order valence-electron chi connectivity index (χ0n) is 11.5. The zero-order valence-corrected chi connectivity index (χ0v) is 12.2. The maximum absolute atomic E-state index is 9.02. The first-order valence-electron chi connectivity index (χ1n) is 7.72. The summed E-state index contributed by atoms with van der Waals surface area (Å²) >= 11 is 6.27. The van der Waals surface area contributed by atoms with Crippen LogP contribution < -0.4 is 5.32 Å². The highest BCUT2D eigenvalue weighted by Crippen LogP contribution is 2.59. The van der Waals surface area contributed by atoms with E-state index in [1.54, 1.807) is 6.07 Å². The second-order valence-electron chi connectivity index (χ2n) is 6.71. The number of hydrogen-bond acceptors (Lipinski definition) is 2. The molecule has 0 radical (unpaired) electrons. The van der Waals surface area contributed by atoms with Gasteiger partial charge in [0.15, 0.2) is 0 Å². The highest BCUT2D eigenvalue weighted by atomic mass is 35.5. The summed E-state index contributed by atoms with van der Waals surface area (Å²) in [7, 11) is 0. The number of anilines is 1. The fraction of sp³-hybridized carbons (Fsp3) is 0.588. The molecule has 3 fully saturated rings. The van der Waals surface area contributed by atoms with Crippen molar-refractivity contribution in [3.05, 3.63) is 28.8 Å². The van der Waals surface area contributed by atoms with Gasteiger partial charge < -0.3 is 5.32 Å². The molecule has 0 aliphatic heterocycles. The Balaban J connectivity index is 1.55. The lowest BCUT2D eigenvalue weighted by molar-refractivity contribution is 0.243. The largest absolute Gasteiger partial charge is 0.381 e. The van der Waals surface area contributed by atoms with Crippen molar-refractivity contribution in [3.8, 4) is 6.07 Å². The van der Waals surface area contributed by atoms with Gasteiger partial charge in [0.1, 0.15) is 0 Å². The maximum atomic E-state index is 9.02. The molecule has 5 atom stereocenters. The standard InChI is InChI=1S/C17H19ClN2/c18-15-5-4-10(9-19)6-17(15)20-16-8-11-7-14(16)13-3-1-2-12(11)13/h4-6,11-14,16,20H,1-3,7-8H2. The van der Waals surface area contributed by atoms with E-state index >= 15 is 0 Å². The van der Waals surface area contributed by atoms with Gasteiger partial charge in [-0.2, -0.15) is 5.26 Å². The molecule has 4 rings (SSSR count). The molecule has 1 aromatic carbocycles. The molecular formula is C17H19ClN2. The molecule has 0 spiro atoms. The second kappa shape index (κ2) is 4.67. The second-order valence-corrected chi connectivity index (χ2v) is 7.12. The van der Waals surface area contributed by atoms with Crippen molar-refractivity contribution in [2.75, 3.05) is 5.32 Å². The van der Waals surface area contributed by atoms with E-state index in [2.05, 4.69) is 11.4 Å². The van der Waals surface area contributed by atoms with Crippen LogP contribution >= 0.6 is 11.6 Å². The van der Waals surface area contributed by atoms with E-state index in [1.165, 1.54) is 32.1 Å². The van der Waals surface area contributed by atoms with E-state index in [1.807, 2.05) is 12.1 Å². The molecule has 3 saturated carbocycles. The fourth-order valence-corrected chi connectivity index (χ4v) is 5.31. The van der Waals surface area contributed by atoms with Gasteiger partial charge >= 0.3 is 0 Å². The molecule has 3 heteroatoms. The van der Waals surface area contributed by atoms with Crippen LogP contribution in [0.15, 0.2) is 18.2 Å². The Bertz CT molecular complexity index is 577. The van der Waals surface area contributed by atoms with Gasteiger partial charge in [-0.15, -0.1) is 0 Å². The van der Waals surface area contributed by atoms with Crippen molar-refractivity contribution in [2.24, 2.45) is 23.7 Å². The van der Waals surface area contributed by atoms with Gasteiger partial charge in [-0.05, 0) is 67.6 Å². The maximum Gasteiger partial charge on any atom is 0.0992 e.